The zero-order valence-electron chi connectivity index (χ0n) is 14.0. The highest BCUT2D eigenvalue weighted by Gasteiger charge is 2.17. The second-order valence-corrected chi connectivity index (χ2v) is 5.97. The van der Waals surface area contributed by atoms with E-state index in [9.17, 15) is 4.79 Å². The molecule has 1 aliphatic rings. The molecule has 6 heteroatoms. The van der Waals surface area contributed by atoms with E-state index in [4.69, 9.17) is 4.74 Å². The van der Waals surface area contributed by atoms with Gasteiger partial charge in [0, 0.05) is 25.0 Å². The molecule has 1 aromatic heterocycles. The van der Waals surface area contributed by atoms with Crippen molar-refractivity contribution in [1.29, 1.82) is 0 Å². The Bertz CT molecular complexity index is 677. The van der Waals surface area contributed by atoms with Crippen LogP contribution in [0.4, 0.5) is 5.69 Å². The van der Waals surface area contributed by atoms with Crippen LogP contribution in [0.2, 0.25) is 0 Å². The lowest BCUT2D eigenvalue weighted by Crippen LogP contribution is -2.32. The summed E-state index contributed by atoms with van der Waals surface area (Å²) in [5.41, 5.74) is 2.23. The molecule has 0 bridgehead atoms. The molecule has 0 aliphatic carbocycles. The minimum Gasteiger partial charge on any atom is -0.377 e. The summed E-state index contributed by atoms with van der Waals surface area (Å²) in [5.74, 6) is -0.189. The van der Waals surface area contributed by atoms with Gasteiger partial charge in [0.2, 0.25) is 0 Å². The molecule has 1 atom stereocenters. The first-order valence-corrected chi connectivity index (χ1v) is 8.50. The van der Waals surface area contributed by atoms with Gasteiger partial charge >= 0.3 is 0 Å². The number of nitrogens with one attached hydrogen (secondary N) is 2. The second kappa shape index (κ2) is 8.08. The maximum Gasteiger partial charge on any atom is 0.276 e. The minimum absolute atomic E-state index is 0.189. The van der Waals surface area contributed by atoms with E-state index in [-0.39, 0.29) is 5.91 Å². The van der Waals surface area contributed by atoms with Gasteiger partial charge in [0.1, 0.15) is 0 Å². The predicted octanol–water partition coefficient (Wildman–Crippen LogP) is 2.60. The van der Waals surface area contributed by atoms with Crippen LogP contribution in [0.5, 0.6) is 0 Å². The van der Waals surface area contributed by atoms with Gasteiger partial charge in [-0.1, -0.05) is 12.1 Å². The normalized spacial score (nSPS) is 17.6. The molecule has 6 nitrogen and oxygen atoms in total. The fourth-order valence-electron chi connectivity index (χ4n) is 2.88. The van der Waals surface area contributed by atoms with Gasteiger partial charge in [-0.05, 0) is 50.1 Å². The molecule has 2 heterocycles. The van der Waals surface area contributed by atoms with Crippen LogP contribution in [0.15, 0.2) is 36.5 Å². The number of ether oxygens (including phenoxy) is 1. The average Bonchev–Trinajstić information content (AvgIpc) is 3.11. The highest BCUT2D eigenvalue weighted by atomic mass is 16.5. The maximum atomic E-state index is 12.4. The lowest BCUT2D eigenvalue weighted by atomic mass is 10.1. The monoisotopic (exact) mass is 328 g/mol. The molecule has 24 heavy (non-hydrogen) atoms. The van der Waals surface area contributed by atoms with E-state index in [2.05, 4.69) is 15.7 Å². The molecule has 0 saturated carbocycles. The van der Waals surface area contributed by atoms with Crippen molar-refractivity contribution in [2.45, 2.75) is 32.4 Å². The lowest BCUT2D eigenvalue weighted by Gasteiger charge is -2.22. The van der Waals surface area contributed by atoms with E-state index in [0.29, 0.717) is 24.9 Å². The SMILES string of the molecule is CCOCc1cccc(NC(=O)c2ccn(C3CCCNC3)n2)c1. The van der Waals surface area contributed by atoms with Gasteiger partial charge in [-0.15, -0.1) is 0 Å². The highest BCUT2D eigenvalue weighted by molar-refractivity contribution is 6.02. The molecule has 0 radical (unpaired) electrons. The number of piperidine rings is 1. The molecule has 0 spiro atoms. The van der Waals surface area contributed by atoms with E-state index in [0.717, 1.165) is 37.2 Å². The summed E-state index contributed by atoms with van der Waals surface area (Å²) < 4.78 is 7.30. The summed E-state index contributed by atoms with van der Waals surface area (Å²) in [5, 5.41) is 10.7. The van der Waals surface area contributed by atoms with Crippen molar-refractivity contribution in [3.8, 4) is 0 Å². The Labute approximate surface area is 142 Å². The topological polar surface area (TPSA) is 68.2 Å². The van der Waals surface area contributed by atoms with Crippen molar-refractivity contribution in [1.82, 2.24) is 15.1 Å². The molecular weight excluding hydrogens is 304 g/mol. The smallest absolute Gasteiger partial charge is 0.276 e. The van der Waals surface area contributed by atoms with E-state index in [1.807, 2.05) is 42.1 Å². The molecule has 128 valence electrons. The average molecular weight is 328 g/mol. The molecule has 1 aliphatic heterocycles. The van der Waals surface area contributed by atoms with Gasteiger partial charge in [-0.3, -0.25) is 9.48 Å². The van der Waals surface area contributed by atoms with Gasteiger partial charge in [-0.25, -0.2) is 0 Å². The first kappa shape index (κ1) is 16.7. The molecule has 1 unspecified atom stereocenters. The largest absolute Gasteiger partial charge is 0.377 e. The number of aromatic nitrogens is 2. The second-order valence-electron chi connectivity index (χ2n) is 5.97. The van der Waals surface area contributed by atoms with Crippen LogP contribution >= 0.6 is 0 Å². The van der Waals surface area contributed by atoms with Gasteiger partial charge in [0.05, 0.1) is 12.6 Å². The highest BCUT2D eigenvalue weighted by Crippen LogP contribution is 2.17. The Morgan fingerprint density at radius 3 is 3.17 bits per heavy atom. The molecule has 1 saturated heterocycles. The van der Waals surface area contributed by atoms with Crippen LogP contribution in [-0.2, 0) is 11.3 Å². The Morgan fingerprint density at radius 1 is 1.46 bits per heavy atom. The summed E-state index contributed by atoms with van der Waals surface area (Å²) in [7, 11) is 0. The summed E-state index contributed by atoms with van der Waals surface area (Å²) in [6, 6.07) is 9.79. The number of hydrogen-bond donors (Lipinski definition) is 2. The van der Waals surface area contributed by atoms with Crippen molar-refractivity contribution in [2.24, 2.45) is 0 Å². The number of benzene rings is 1. The van der Waals surface area contributed by atoms with Crippen molar-refractivity contribution in [3.05, 3.63) is 47.8 Å². The van der Waals surface area contributed by atoms with Crippen molar-refractivity contribution < 1.29 is 9.53 Å². The predicted molar refractivity (Wildman–Crippen MR) is 93.1 cm³/mol. The van der Waals surface area contributed by atoms with Crippen molar-refractivity contribution in [3.63, 3.8) is 0 Å². The number of carbonyl (C=O) groups excluding carboxylic acids is 1. The first-order chi connectivity index (χ1) is 11.8. The van der Waals surface area contributed by atoms with Gasteiger partial charge < -0.3 is 15.4 Å². The van der Waals surface area contributed by atoms with E-state index in [1.165, 1.54) is 0 Å². The molecule has 2 N–H and O–H groups in total. The quantitative estimate of drug-likeness (QED) is 0.855. The minimum atomic E-state index is -0.189. The lowest BCUT2D eigenvalue weighted by molar-refractivity contribution is 0.102. The molecule has 1 fully saturated rings. The third-order valence-corrected chi connectivity index (χ3v) is 4.14. The molecule has 1 aromatic carbocycles. The van der Waals surface area contributed by atoms with Crippen LogP contribution in [-0.4, -0.2) is 35.4 Å². The Kier molecular flexibility index (Phi) is 5.61. The molecule has 3 rings (SSSR count). The third-order valence-electron chi connectivity index (χ3n) is 4.14. The van der Waals surface area contributed by atoms with Crippen LogP contribution < -0.4 is 10.6 Å². The van der Waals surface area contributed by atoms with Crippen LogP contribution in [0.25, 0.3) is 0 Å². The summed E-state index contributed by atoms with van der Waals surface area (Å²) in [4.78, 5) is 12.4. The van der Waals surface area contributed by atoms with E-state index >= 15 is 0 Å². The number of anilines is 1. The standard InChI is InChI=1S/C18H24N4O2/c1-2-24-13-14-5-3-6-15(11-14)20-18(23)17-8-10-22(21-17)16-7-4-9-19-12-16/h3,5-6,8,10-11,16,19H,2,4,7,9,12-13H2,1H3,(H,20,23). The Balaban J connectivity index is 1.63. The Morgan fingerprint density at radius 2 is 2.38 bits per heavy atom. The zero-order valence-corrected chi connectivity index (χ0v) is 14.0. The maximum absolute atomic E-state index is 12.4. The summed E-state index contributed by atoms with van der Waals surface area (Å²) >= 11 is 0. The number of rotatable bonds is 6. The van der Waals surface area contributed by atoms with E-state index in [1.54, 1.807) is 6.07 Å². The van der Waals surface area contributed by atoms with Gasteiger partial charge in [0.25, 0.3) is 5.91 Å². The van der Waals surface area contributed by atoms with Gasteiger partial charge in [0.15, 0.2) is 5.69 Å². The molecule has 2 aromatic rings. The van der Waals surface area contributed by atoms with Crippen molar-refractivity contribution >= 4 is 11.6 Å². The van der Waals surface area contributed by atoms with E-state index < -0.39 is 0 Å². The van der Waals surface area contributed by atoms with Crippen LogP contribution in [0, 0.1) is 0 Å². The zero-order chi connectivity index (χ0) is 16.8. The summed E-state index contributed by atoms with van der Waals surface area (Å²) in [6.45, 7) is 5.14. The Hall–Kier alpha value is -2.18. The first-order valence-electron chi connectivity index (χ1n) is 8.50. The molecule has 1 amide bonds. The number of hydrogen-bond acceptors (Lipinski definition) is 4. The van der Waals surface area contributed by atoms with Gasteiger partial charge in [-0.2, -0.15) is 5.10 Å². The fourth-order valence-corrected chi connectivity index (χ4v) is 2.88. The molecular formula is C18H24N4O2. The number of amides is 1. The number of nitrogens with zero attached hydrogens (tertiary/aromatic N) is 2. The van der Waals surface area contributed by atoms with Crippen LogP contribution in [0.1, 0.15) is 41.9 Å². The van der Waals surface area contributed by atoms with Crippen LogP contribution in [0.3, 0.4) is 0 Å². The summed E-state index contributed by atoms with van der Waals surface area (Å²) in [6.07, 6.45) is 4.12. The number of carbonyl (C=O) groups is 1. The van der Waals surface area contributed by atoms with Crippen molar-refractivity contribution in [2.75, 3.05) is 25.0 Å². The fraction of sp³-hybridized carbons (Fsp3) is 0.444. The third kappa shape index (κ3) is 4.21.